The summed E-state index contributed by atoms with van der Waals surface area (Å²) in [5, 5.41) is 0. The Morgan fingerprint density at radius 2 is 2.30 bits per heavy atom. The quantitative estimate of drug-likeness (QED) is 0.666. The Hall–Kier alpha value is -1.69. The van der Waals surface area contributed by atoms with Gasteiger partial charge in [-0.15, -0.1) is 0 Å². The van der Waals surface area contributed by atoms with Crippen LogP contribution in [0, 0.1) is 0 Å². The second kappa shape index (κ2) is 6.17. The number of hydrogen-bond acceptors (Lipinski definition) is 3. The van der Waals surface area contributed by atoms with Crippen LogP contribution >= 0.6 is 0 Å². The predicted octanol–water partition coefficient (Wildman–Crippen LogP) is 2.22. The highest BCUT2D eigenvalue weighted by molar-refractivity contribution is 5.96. The largest absolute Gasteiger partial charge is 0.399 e. The van der Waals surface area contributed by atoms with Crippen molar-refractivity contribution in [2.75, 3.05) is 23.8 Å². The maximum atomic E-state index is 12.2. The zero-order valence-electron chi connectivity index (χ0n) is 11.3. The van der Waals surface area contributed by atoms with E-state index in [1.807, 2.05) is 19.1 Å². The van der Waals surface area contributed by atoms with Crippen LogP contribution in [0.25, 0.3) is 0 Å². The van der Waals surface area contributed by atoms with Gasteiger partial charge in [-0.3, -0.25) is 4.79 Å². The van der Waals surface area contributed by atoms with E-state index in [0.717, 1.165) is 17.7 Å². The summed E-state index contributed by atoms with van der Waals surface area (Å²) in [7, 11) is 0. The highest BCUT2D eigenvalue weighted by Gasteiger charge is 2.30. The Morgan fingerprint density at radius 1 is 1.55 bits per heavy atom. The van der Waals surface area contributed by atoms with Crippen molar-refractivity contribution in [3.05, 3.63) is 23.8 Å². The van der Waals surface area contributed by atoms with Crippen molar-refractivity contribution in [2.24, 2.45) is 0 Å². The molecule has 1 unspecified atom stereocenters. The van der Waals surface area contributed by atoms with Crippen LogP contribution in [-0.2, 0) is 16.0 Å². The molecule has 1 atom stereocenters. The number of halogens is 2. The third-order valence-electron chi connectivity index (χ3n) is 3.29. The second-order valence-corrected chi connectivity index (χ2v) is 4.92. The molecule has 6 heteroatoms. The van der Waals surface area contributed by atoms with E-state index in [1.54, 1.807) is 11.0 Å². The molecule has 0 aromatic heterocycles. The fourth-order valence-electron chi connectivity index (χ4n) is 2.48. The first-order chi connectivity index (χ1) is 9.49. The van der Waals surface area contributed by atoms with Gasteiger partial charge < -0.3 is 15.4 Å². The van der Waals surface area contributed by atoms with Crippen LogP contribution in [0.5, 0.6) is 0 Å². The minimum absolute atomic E-state index is 0.0106. The molecule has 0 aliphatic carbocycles. The maximum Gasteiger partial charge on any atom is 0.261 e. The summed E-state index contributed by atoms with van der Waals surface area (Å²) in [6.07, 6.45) is -1.65. The zero-order valence-corrected chi connectivity index (χ0v) is 11.3. The Labute approximate surface area is 116 Å². The van der Waals surface area contributed by atoms with Gasteiger partial charge >= 0.3 is 0 Å². The number of alkyl halides is 2. The molecule has 1 amide bonds. The lowest BCUT2D eigenvalue weighted by Gasteiger charge is -2.22. The number of carbonyl (C=O) groups is 1. The molecule has 1 aliphatic rings. The summed E-state index contributed by atoms with van der Waals surface area (Å²) in [5.74, 6) is -0.115. The molecular weight excluding hydrogens is 266 g/mol. The summed E-state index contributed by atoms with van der Waals surface area (Å²) in [6.45, 7) is 1.33. The van der Waals surface area contributed by atoms with E-state index in [0.29, 0.717) is 5.69 Å². The first-order valence-corrected chi connectivity index (χ1v) is 6.55. The van der Waals surface area contributed by atoms with Gasteiger partial charge in [-0.1, -0.05) is 0 Å². The Morgan fingerprint density at radius 3 is 3.00 bits per heavy atom. The standard InChI is InChI=1S/C14H18F2N2O2/c1-9-6-10-7-11(17)2-3-12(10)18(9)14(19)4-5-20-8-13(15)16/h2-3,7,9,13H,4-6,8,17H2,1H3. The number of amides is 1. The van der Waals surface area contributed by atoms with Crippen LogP contribution in [0.15, 0.2) is 18.2 Å². The molecule has 0 radical (unpaired) electrons. The second-order valence-electron chi connectivity index (χ2n) is 4.92. The molecule has 110 valence electrons. The summed E-state index contributed by atoms with van der Waals surface area (Å²) < 4.78 is 28.6. The third kappa shape index (κ3) is 3.25. The van der Waals surface area contributed by atoms with E-state index in [9.17, 15) is 13.6 Å². The molecule has 1 heterocycles. The summed E-state index contributed by atoms with van der Waals surface area (Å²) in [4.78, 5) is 13.9. The van der Waals surface area contributed by atoms with Crippen molar-refractivity contribution < 1.29 is 18.3 Å². The summed E-state index contributed by atoms with van der Waals surface area (Å²) in [5.41, 5.74) is 8.30. The highest BCUT2D eigenvalue weighted by atomic mass is 19.3. The number of rotatable bonds is 5. The van der Waals surface area contributed by atoms with Crippen LogP contribution in [0.1, 0.15) is 18.9 Å². The number of nitrogens with two attached hydrogens (primary N) is 1. The van der Waals surface area contributed by atoms with Gasteiger partial charge in [0.1, 0.15) is 6.61 Å². The molecule has 0 fully saturated rings. The van der Waals surface area contributed by atoms with Crippen molar-refractivity contribution in [3.8, 4) is 0 Å². The molecule has 4 nitrogen and oxygen atoms in total. The summed E-state index contributed by atoms with van der Waals surface area (Å²) in [6, 6.07) is 5.50. The Bertz CT molecular complexity index is 494. The third-order valence-corrected chi connectivity index (χ3v) is 3.29. The lowest BCUT2D eigenvalue weighted by molar-refractivity contribution is -0.120. The fraction of sp³-hybridized carbons (Fsp3) is 0.500. The van der Waals surface area contributed by atoms with Crippen molar-refractivity contribution in [2.45, 2.75) is 32.2 Å². The zero-order chi connectivity index (χ0) is 14.7. The number of fused-ring (bicyclic) bond motifs is 1. The smallest absolute Gasteiger partial charge is 0.261 e. The first kappa shape index (κ1) is 14.7. The minimum Gasteiger partial charge on any atom is -0.399 e. The average Bonchev–Trinajstić information content (AvgIpc) is 2.69. The van der Waals surface area contributed by atoms with E-state index in [2.05, 4.69) is 0 Å². The normalized spacial score (nSPS) is 17.6. The molecule has 2 N–H and O–H groups in total. The average molecular weight is 284 g/mol. The summed E-state index contributed by atoms with van der Waals surface area (Å²) >= 11 is 0. The topological polar surface area (TPSA) is 55.6 Å². The molecule has 1 aromatic rings. The number of hydrogen-bond donors (Lipinski definition) is 1. The number of nitrogen functional groups attached to an aromatic ring is 1. The number of ether oxygens (including phenoxy) is 1. The van der Waals surface area contributed by atoms with E-state index < -0.39 is 13.0 Å². The van der Waals surface area contributed by atoms with Crippen molar-refractivity contribution in [3.63, 3.8) is 0 Å². The van der Waals surface area contributed by atoms with Crippen LogP contribution in [0.3, 0.4) is 0 Å². The monoisotopic (exact) mass is 284 g/mol. The lowest BCUT2D eigenvalue weighted by atomic mass is 10.1. The van der Waals surface area contributed by atoms with E-state index in [-0.39, 0.29) is 25.0 Å². The van der Waals surface area contributed by atoms with Crippen molar-refractivity contribution >= 4 is 17.3 Å². The van der Waals surface area contributed by atoms with Gasteiger partial charge in [0.05, 0.1) is 13.0 Å². The number of anilines is 2. The van der Waals surface area contributed by atoms with Crippen LogP contribution in [-0.4, -0.2) is 31.6 Å². The predicted molar refractivity (Wildman–Crippen MR) is 72.9 cm³/mol. The maximum absolute atomic E-state index is 12.2. The van der Waals surface area contributed by atoms with Gasteiger partial charge in [-0.25, -0.2) is 8.78 Å². The number of benzene rings is 1. The fourth-order valence-corrected chi connectivity index (χ4v) is 2.48. The van der Waals surface area contributed by atoms with Crippen LogP contribution in [0.4, 0.5) is 20.2 Å². The lowest BCUT2D eigenvalue weighted by Crippen LogP contribution is -2.36. The van der Waals surface area contributed by atoms with E-state index >= 15 is 0 Å². The van der Waals surface area contributed by atoms with Gasteiger partial charge in [-0.2, -0.15) is 0 Å². The molecule has 0 saturated heterocycles. The highest BCUT2D eigenvalue weighted by Crippen LogP contribution is 2.33. The number of carbonyl (C=O) groups excluding carboxylic acids is 1. The van der Waals surface area contributed by atoms with Crippen LogP contribution in [0.2, 0.25) is 0 Å². The first-order valence-electron chi connectivity index (χ1n) is 6.55. The number of nitrogens with zero attached hydrogens (tertiary/aromatic N) is 1. The molecule has 2 rings (SSSR count). The Balaban J connectivity index is 1.97. The molecule has 1 aliphatic heterocycles. The molecular formula is C14H18F2N2O2. The van der Waals surface area contributed by atoms with Gasteiger partial charge in [0.2, 0.25) is 5.91 Å². The van der Waals surface area contributed by atoms with Crippen LogP contribution < -0.4 is 10.6 Å². The molecule has 0 saturated carbocycles. The van der Waals surface area contributed by atoms with Gasteiger partial charge in [0.25, 0.3) is 6.43 Å². The molecule has 20 heavy (non-hydrogen) atoms. The molecule has 0 spiro atoms. The Kier molecular flexibility index (Phi) is 4.54. The van der Waals surface area contributed by atoms with Gasteiger partial charge in [0.15, 0.2) is 0 Å². The van der Waals surface area contributed by atoms with E-state index in [4.69, 9.17) is 10.5 Å². The molecule has 1 aromatic carbocycles. The SMILES string of the molecule is CC1Cc2cc(N)ccc2N1C(=O)CCOCC(F)F. The van der Waals surface area contributed by atoms with Crippen molar-refractivity contribution in [1.29, 1.82) is 0 Å². The van der Waals surface area contributed by atoms with E-state index in [1.165, 1.54) is 0 Å². The minimum atomic E-state index is -2.50. The van der Waals surface area contributed by atoms with Crippen molar-refractivity contribution in [1.82, 2.24) is 0 Å². The van der Waals surface area contributed by atoms with Gasteiger partial charge in [-0.05, 0) is 37.1 Å². The molecule has 0 bridgehead atoms. The van der Waals surface area contributed by atoms with Gasteiger partial charge in [0, 0.05) is 17.4 Å².